The van der Waals surface area contributed by atoms with E-state index in [4.69, 9.17) is 0 Å². The summed E-state index contributed by atoms with van der Waals surface area (Å²) in [6.07, 6.45) is 1.62. The number of aryl methyl sites for hydroxylation is 1. The lowest BCUT2D eigenvalue weighted by Crippen LogP contribution is -2.28. The maximum Gasteiger partial charge on any atom is 0.257 e. The Kier molecular flexibility index (Phi) is 10.1. The average Bonchev–Trinajstić information content (AvgIpc) is 3.53. The fourth-order valence-corrected chi connectivity index (χ4v) is 6.64. The van der Waals surface area contributed by atoms with Gasteiger partial charge in [0.25, 0.3) is 11.8 Å². The second-order valence-electron chi connectivity index (χ2n) is 8.24. The molecule has 2 aromatic carbocycles. The van der Waals surface area contributed by atoms with Crippen LogP contribution in [0.3, 0.4) is 0 Å². The lowest BCUT2D eigenvalue weighted by atomic mass is 10.1. The first-order valence-corrected chi connectivity index (χ1v) is 14.7. The van der Waals surface area contributed by atoms with E-state index in [1.54, 1.807) is 60.3 Å². The molecule has 38 heavy (non-hydrogen) atoms. The number of carbonyl (C=O) groups is 2. The number of carbonyl (C=O) groups excluding carboxylic acids is 2. The first-order valence-electron chi connectivity index (χ1n) is 11.9. The first kappa shape index (κ1) is 28.0. The van der Waals surface area contributed by atoms with E-state index in [9.17, 15) is 19.8 Å². The molecule has 4 rings (SSSR count). The third kappa shape index (κ3) is 7.32. The number of amidine groups is 1. The number of aliphatic hydroxyl groups is 2. The molecule has 2 heterocycles. The average molecular weight is 573 g/mol. The van der Waals surface area contributed by atoms with Crippen LogP contribution in [0.15, 0.2) is 53.6 Å². The Morgan fingerprint density at radius 2 is 1.58 bits per heavy atom. The van der Waals surface area contributed by atoms with E-state index in [-0.39, 0.29) is 30.4 Å². The summed E-state index contributed by atoms with van der Waals surface area (Å²) in [6, 6.07) is 13.9. The highest BCUT2D eigenvalue weighted by atomic mass is 32.2. The largest absolute Gasteiger partial charge is 0.392 e. The third-order valence-electron chi connectivity index (χ3n) is 5.65. The first-order chi connectivity index (χ1) is 18.5. The van der Waals surface area contributed by atoms with E-state index in [0.717, 1.165) is 29.4 Å². The Labute approximate surface area is 232 Å². The molecule has 1 aliphatic rings. The molecule has 3 aromatic rings. The molecule has 1 aromatic heterocycles. The van der Waals surface area contributed by atoms with Gasteiger partial charge >= 0.3 is 0 Å². The second kappa shape index (κ2) is 13.7. The molecular formula is C25H28N6O4S3. The molecule has 13 heteroatoms. The number of hydrogen-bond donors (Lipinski definition) is 4. The number of nitrogens with one attached hydrogen (secondary N) is 2. The highest BCUT2D eigenvalue weighted by Crippen LogP contribution is 2.28. The second-order valence-corrected chi connectivity index (χ2v) is 11.7. The van der Waals surface area contributed by atoms with E-state index < -0.39 is 0 Å². The van der Waals surface area contributed by atoms with Crippen molar-refractivity contribution >= 4 is 57.0 Å². The van der Waals surface area contributed by atoms with Gasteiger partial charge in [0.1, 0.15) is 10.4 Å². The molecule has 0 fully saturated rings. The van der Waals surface area contributed by atoms with Crippen molar-refractivity contribution in [2.24, 2.45) is 5.10 Å². The predicted molar refractivity (Wildman–Crippen MR) is 152 cm³/mol. The van der Waals surface area contributed by atoms with Crippen molar-refractivity contribution in [3.05, 3.63) is 75.8 Å². The molecule has 0 radical (unpaired) electrons. The van der Waals surface area contributed by atoms with Gasteiger partial charge < -0.3 is 10.2 Å². The summed E-state index contributed by atoms with van der Waals surface area (Å²) < 4.78 is 0. The molecule has 10 nitrogen and oxygen atoms in total. The van der Waals surface area contributed by atoms with Crippen LogP contribution in [0.1, 0.15) is 43.3 Å². The van der Waals surface area contributed by atoms with Crippen LogP contribution in [-0.2, 0) is 19.6 Å². The number of nitrogens with zero attached hydrogens (tertiary/aromatic N) is 4. The lowest BCUT2D eigenvalue weighted by molar-refractivity contribution is 0.0973. The summed E-state index contributed by atoms with van der Waals surface area (Å²) >= 11 is 4.65. The fourth-order valence-electron chi connectivity index (χ4n) is 3.68. The van der Waals surface area contributed by atoms with Gasteiger partial charge in [0.2, 0.25) is 5.13 Å². The summed E-state index contributed by atoms with van der Waals surface area (Å²) in [4.78, 5) is 25.1. The minimum absolute atomic E-state index is 0.121. The highest BCUT2D eigenvalue weighted by Gasteiger charge is 2.26. The highest BCUT2D eigenvalue weighted by molar-refractivity contribution is 8.14. The van der Waals surface area contributed by atoms with E-state index in [2.05, 4.69) is 25.9 Å². The molecule has 1 aliphatic heterocycles. The van der Waals surface area contributed by atoms with E-state index in [1.165, 1.54) is 23.1 Å². The number of hydrogen-bond acceptors (Lipinski definition) is 11. The minimum Gasteiger partial charge on any atom is -0.392 e. The van der Waals surface area contributed by atoms with Gasteiger partial charge in [-0.2, -0.15) is 16.9 Å². The maximum atomic E-state index is 12.6. The van der Waals surface area contributed by atoms with E-state index in [0.29, 0.717) is 32.6 Å². The number of amides is 2. The Morgan fingerprint density at radius 3 is 2.24 bits per heavy atom. The molecule has 2 amide bonds. The monoisotopic (exact) mass is 572 g/mol. The van der Waals surface area contributed by atoms with Crippen molar-refractivity contribution in [2.45, 2.75) is 31.4 Å². The summed E-state index contributed by atoms with van der Waals surface area (Å²) in [5.74, 6) is 1.17. The van der Waals surface area contributed by atoms with Crippen molar-refractivity contribution < 1.29 is 19.8 Å². The third-order valence-corrected chi connectivity index (χ3v) is 8.79. The molecule has 1 unspecified atom stereocenters. The zero-order valence-electron chi connectivity index (χ0n) is 20.7. The molecule has 1 atom stereocenters. The minimum atomic E-state index is -0.319. The van der Waals surface area contributed by atoms with Gasteiger partial charge in [0, 0.05) is 24.6 Å². The van der Waals surface area contributed by atoms with Crippen LogP contribution in [0.4, 0.5) is 5.13 Å². The molecule has 0 saturated carbocycles. The van der Waals surface area contributed by atoms with Gasteiger partial charge in [-0.05, 0) is 41.2 Å². The molecule has 200 valence electrons. The van der Waals surface area contributed by atoms with Crippen molar-refractivity contribution in [1.82, 2.24) is 20.5 Å². The molecule has 4 N–H and O–H groups in total. The summed E-state index contributed by atoms with van der Waals surface area (Å²) in [7, 11) is 1.89. The SMILES string of the molecule is CN1N=C(NC(=O)c2ccccc2CO)SC1CCSCCc1nnc(NC(=O)c2ccccc2CO)s1. The van der Waals surface area contributed by atoms with Crippen LogP contribution in [0.5, 0.6) is 0 Å². The fraction of sp³-hybridized carbons (Fsp3) is 0.320. The predicted octanol–water partition coefficient (Wildman–Crippen LogP) is 3.15. The lowest BCUT2D eigenvalue weighted by Gasteiger charge is -2.16. The number of benzene rings is 2. The number of hydrazone groups is 1. The van der Waals surface area contributed by atoms with Gasteiger partial charge in [-0.3, -0.25) is 25.2 Å². The van der Waals surface area contributed by atoms with Gasteiger partial charge in [0.15, 0.2) is 5.17 Å². The molecular weight excluding hydrogens is 545 g/mol. The number of anilines is 1. The number of rotatable bonds is 11. The van der Waals surface area contributed by atoms with E-state index in [1.807, 2.05) is 12.1 Å². The van der Waals surface area contributed by atoms with Gasteiger partial charge in [-0.1, -0.05) is 59.5 Å². The van der Waals surface area contributed by atoms with Gasteiger partial charge in [-0.15, -0.1) is 10.2 Å². The van der Waals surface area contributed by atoms with Crippen molar-refractivity contribution in [1.29, 1.82) is 0 Å². The smallest absolute Gasteiger partial charge is 0.257 e. The Hall–Kier alpha value is -2.97. The Morgan fingerprint density at radius 1 is 0.947 bits per heavy atom. The van der Waals surface area contributed by atoms with Crippen LogP contribution in [0, 0.1) is 0 Å². The van der Waals surface area contributed by atoms with Crippen LogP contribution < -0.4 is 10.6 Å². The zero-order chi connectivity index (χ0) is 26.9. The van der Waals surface area contributed by atoms with Crippen molar-refractivity contribution in [3.63, 3.8) is 0 Å². The Balaban J connectivity index is 1.16. The molecule has 0 saturated heterocycles. The molecule has 0 spiro atoms. The van der Waals surface area contributed by atoms with Crippen LogP contribution >= 0.6 is 34.9 Å². The van der Waals surface area contributed by atoms with Crippen LogP contribution in [0.2, 0.25) is 0 Å². The Bertz CT molecular complexity index is 1300. The number of thioether (sulfide) groups is 2. The topological polar surface area (TPSA) is 140 Å². The van der Waals surface area contributed by atoms with Gasteiger partial charge in [-0.25, -0.2) is 0 Å². The molecule has 0 aliphatic carbocycles. The summed E-state index contributed by atoms with van der Waals surface area (Å²) in [5.41, 5.74) is 1.99. The summed E-state index contributed by atoms with van der Waals surface area (Å²) in [6.45, 7) is -0.409. The maximum absolute atomic E-state index is 12.6. The van der Waals surface area contributed by atoms with Gasteiger partial charge in [0.05, 0.1) is 13.2 Å². The van der Waals surface area contributed by atoms with Crippen molar-refractivity contribution in [2.75, 3.05) is 23.9 Å². The van der Waals surface area contributed by atoms with E-state index >= 15 is 0 Å². The normalized spacial score (nSPS) is 14.9. The van der Waals surface area contributed by atoms with Crippen LogP contribution in [-0.4, -0.2) is 66.3 Å². The quantitative estimate of drug-likeness (QED) is 0.255. The zero-order valence-corrected chi connectivity index (χ0v) is 23.1. The summed E-state index contributed by atoms with van der Waals surface area (Å²) in [5, 5.41) is 41.0. The number of aliphatic hydroxyl groups excluding tert-OH is 2. The van der Waals surface area contributed by atoms with Crippen molar-refractivity contribution in [3.8, 4) is 0 Å². The van der Waals surface area contributed by atoms with Crippen LogP contribution in [0.25, 0.3) is 0 Å². The standard InChI is InChI=1S/C25H28N6O4S3/c1-31-21(38-25(30-31)27-23(35)19-9-5-3-7-17(19)15-33)11-13-36-12-10-20-28-29-24(37-20)26-22(34)18-8-4-2-6-16(18)14-32/h2-9,21,32-33H,10-15H2,1H3,(H,26,29,34)(H,27,30,35). The molecule has 0 bridgehead atoms. The number of aromatic nitrogens is 2.